The summed E-state index contributed by atoms with van der Waals surface area (Å²) in [6.45, 7) is 22.1. The summed E-state index contributed by atoms with van der Waals surface area (Å²) in [6.07, 6.45) is 3.75. The summed E-state index contributed by atoms with van der Waals surface area (Å²) in [5.41, 5.74) is 2.02. The average Bonchev–Trinajstić information content (AvgIpc) is 3.50. The van der Waals surface area contributed by atoms with Crippen molar-refractivity contribution in [2.75, 3.05) is 90.2 Å². The van der Waals surface area contributed by atoms with Crippen LogP contribution in [0.3, 0.4) is 0 Å². The molecule has 0 spiro atoms. The minimum absolute atomic E-state index is 0.593. The van der Waals surface area contributed by atoms with Crippen molar-refractivity contribution in [1.29, 1.82) is 0 Å². The van der Waals surface area contributed by atoms with Crippen LogP contribution in [0.5, 0.6) is 5.75 Å². The van der Waals surface area contributed by atoms with Crippen LogP contribution in [0.2, 0.25) is 0 Å². The van der Waals surface area contributed by atoms with Crippen molar-refractivity contribution in [3.8, 4) is 5.75 Å². The van der Waals surface area contributed by atoms with Crippen LogP contribution in [0.25, 0.3) is 0 Å². The molecule has 48 heavy (non-hydrogen) atoms. The minimum Gasteiger partial charge on any atom is -0.490 e. The van der Waals surface area contributed by atoms with Gasteiger partial charge in [0, 0.05) is 69.2 Å². The number of carbonyl (C=O) groups is 1. The van der Waals surface area contributed by atoms with Gasteiger partial charge in [0.05, 0.1) is 13.7 Å². The van der Waals surface area contributed by atoms with Gasteiger partial charge in [-0.25, -0.2) is 9.97 Å². The lowest BCUT2D eigenvalue weighted by molar-refractivity contribution is -0.106. The van der Waals surface area contributed by atoms with Crippen molar-refractivity contribution < 1.29 is 14.3 Å². The Morgan fingerprint density at radius 2 is 1.56 bits per heavy atom. The second-order valence-electron chi connectivity index (χ2n) is 9.82. The average molecular weight is 690 g/mol. The van der Waals surface area contributed by atoms with Crippen LogP contribution in [-0.4, -0.2) is 106 Å². The van der Waals surface area contributed by atoms with Crippen molar-refractivity contribution in [1.82, 2.24) is 30.4 Å². The lowest BCUT2D eigenvalue weighted by Crippen LogP contribution is -2.47. The summed E-state index contributed by atoms with van der Waals surface area (Å²) in [6, 6.07) is 10.1. The Hall–Kier alpha value is -3.65. The van der Waals surface area contributed by atoms with E-state index in [1.807, 2.05) is 67.0 Å². The van der Waals surface area contributed by atoms with Crippen LogP contribution in [0.4, 0.5) is 23.1 Å². The van der Waals surface area contributed by atoms with Crippen LogP contribution in [-0.2, 0) is 9.53 Å². The summed E-state index contributed by atoms with van der Waals surface area (Å²) in [4.78, 5) is 24.2. The number of nitrogens with one attached hydrogen (secondary N) is 4. The molecule has 1 aliphatic rings. The zero-order valence-corrected chi connectivity index (χ0v) is 32.4. The number of aromatic nitrogens is 4. The van der Waals surface area contributed by atoms with Gasteiger partial charge in [0.15, 0.2) is 22.6 Å². The van der Waals surface area contributed by atoms with E-state index < -0.39 is 0 Å². The van der Waals surface area contributed by atoms with Gasteiger partial charge in [-0.1, -0.05) is 40.2 Å². The SMILES string of the molecule is C=CC.CC.CC=O.CCC.CNC.CNc1ccc(Sc2nc(Nc3cc(C)[nH]n3)c(OC)c(N3CCN(CCOC)CC3)n2)cc1. The predicted octanol–water partition coefficient (Wildman–Crippen LogP) is 6.90. The number of benzene rings is 1. The van der Waals surface area contributed by atoms with Crippen LogP contribution in [0.15, 0.2) is 53.0 Å². The molecule has 0 amide bonds. The lowest BCUT2D eigenvalue weighted by atomic mass is 10.3. The molecule has 1 aliphatic heterocycles. The number of methoxy groups -OCH3 is 2. The largest absolute Gasteiger partial charge is 0.490 e. The summed E-state index contributed by atoms with van der Waals surface area (Å²) >= 11 is 1.52. The minimum atomic E-state index is 0.593. The molecule has 272 valence electrons. The Labute approximate surface area is 294 Å². The molecule has 3 heterocycles. The molecular formula is C35H63N9O3S. The van der Waals surface area contributed by atoms with Crippen molar-refractivity contribution in [2.45, 2.75) is 64.9 Å². The number of H-pyrrole nitrogens is 1. The summed E-state index contributed by atoms with van der Waals surface area (Å²) in [5.74, 6) is 2.67. The Morgan fingerprint density at radius 1 is 1.02 bits per heavy atom. The number of allylic oxidation sites excluding steroid dienone is 1. The first kappa shape index (κ1) is 46.5. The molecule has 1 saturated heterocycles. The highest BCUT2D eigenvalue weighted by atomic mass is 32.2. The van der Waals surface area contributed by atoms with Crippen molar-refractivity contribution in [2.24, 2.45) is 0 Å². The molecule has 0 aliphatic carbocycles. The number of anilines is 4. The van der Waals surface area contributed by atoms with Crippen molar-refractivity contribution in [3.63, 3.8) is 0 Å². The van der Waals surface area contributed by atoms with E-state index in [1.165, 1.54) is 25.1 Å². The first-order chi connectivity index (χ1) is 23.2. The van der Waals surface area contributed by atoms with Gasteiger partial charge in [-0.2, -0.15) is 5.10 Å². The van der Waals surface area contributed by atoms with E-state index >= 15 is 0 Å². The fraction of sp³-hybridized carbons (Fsp3) is 0.543. The molecular weight excluding hydrogens is 627 g/mol. The van der Waals surface area contributed by atoms with Gasteiger partial charge in [0.2, 0.25) is 5.75 Å². The first-order valence-electron chi connectivity index (χ1n) is 16.5. The van der Waals surface area contributed by atoms with Gasteiger partial charge in [0.1, 0.15) is 6.29 Å². The number of hydrogen-bond donors (Lipinski definition) is 4. The molecule has 13 heteroatoms. The highest BCUT2D eigenvalue weighted by Crippen LogP contribution is 2.38. The summed E-state index contributed by atoms with van der Waals surface area (Å²) in [7, 11) is 9.05. The molecule has 12 nitrogen and oxygen atoms in total. The molecule has 0 saturated carbocycles. The van der Waals surface area contributed by atoms with E-state index in [2.05, 4.69) is 68.5 Å². The molecule has 4 N–H and O–H groups in total. The third-order valence-corrected chi connectivity index (χ3v) is 6.49. The number of nitrogens with zero attached hydrogens (tertiary/aromatic N) is 5. The Balaban J connectivity index is 0. The van der Waals surface area contributed by atoms with Gasteiger partial charge in [-0.3, -0.25) is 10.00 Å². The molecule has 1 fully saturated rings. The molecule has 3 aromatic rings. The number of rotatable bonds is 10. The zero-order valence-electron chi connectivity index (χ0n) is 31.6. The Morgan fingerprint density at radius 3 is 2.00 bits per heavy atom. The van der Waals surface area contributed by atoms with Gasteiger partial charge < -0.3 is 35.1 Å². The highest BCUT2D eigenvalue weighted by Gasteiger charge is 2.25. The number of ether oxygens (including phenoxy) is 2. The number of carbonyl (C=O) groups excluding carboxylic acids is 1. The molecule has 0 bridgehead atoms. The van der Waals surface area contributed by atoms with Gasteiger partial charge >= 0.3 is 0 Å². The Bertz CT molecular complexity index is 1190. The van der Waals surface area contributed by atoms with Crippen molar-refractivity contribution in [3.05, 3.63) is 48.7 Å². The summed E-state index contributed by atoms with van der Waals surface area (Å²) < 4.78 is 11.1. The number of aryl methyl sites for hydroxylation is 1. The smallest absolute Gasteiger partial charge is 0.204 e. The van der Waals surface area contributed by atoms with E-state index in [0.717, 1.165) is 67.7 Å². The van der Waals surface area contributed by atoms with Crippen LogP contribution in [0.1, 0.15) is 53.7 Å². The highest BCUT2D eigenvalue weighted by molar-refractivity contribution is 7.99. The topological polar surface area (TPSA) is 133 Å². The van der Waals surface area contributed by atoms with Crippen LogP contribution < -0.4 is 25.6 Å². The summed E-state index contributed by atoms with van der Waals surface area (Å²) in [5, 5.41) is 17.1. The Kier molecular flexibility index (Phi) is 29.7. The zero-order chi connectivity index (χ0) is 36.7. The normalized spacial score (nSPS) is 11.5. The third kappa shape index (κ3) is 19.2. The molecule has 1 aromatic carbocycles. The molecule has 0 radical (unpaired) electrons. The van der Waals surface area contributed by atoms with Gasteiger partial charge in [-0.15, -0.1) is 6.58 Å². The van der Waals surface area contributed by atoms with E-state index in [0.29, 0.717) is 22.5 Å². The fourth-order valence-electron chi connectivity index (χ4n) is 3.75. The maximum absolute atomic E-state index is 8.81. The van der Waals surface area contributed by atoms with Gasteiger partial charge in [-0.05, 0) is 70.9 Å². The van der Waals surface area contributed by atoms with E-state index in [9.17, 15) is 0 Å². The lowest BCUT2D eigenvalue weighted by Gasteiger charge is -2.36. The molecule has 4 rings (SSSR count). The molecule has 2 aromatic heterocycles. The maximum atomic E-state index is 8.81. The van der Waals surface area contributed by atoms with E-state index in [-0.39, 0.29) is 0 Å². The quantitative estimate of drug-likeness (QED) is 0.100. The third-order valence-electron chi connectivity index (χ3n) is 5.62. The second-order valence-corrected chi connectivity index (χ2v) is 10.9. The monoisotopic (exact) mass is 689 g/mol. The number of piperazine rings is 1. The van der Waals surface area contributed by atoms with Crippen molar-refractivity contribution >= 4 is 41.2 Å². The van der Waals surface area contributed by atoms with E-state index in [4.69, 9.17) is 24.2 Å². The second kappa shape index (κ2) is 30.7. The van der Waals surface area contributed by atoms with E-state index in [1.54, 1.807) is 20.3 Å². The van der Waals surface area contributed by atoms with Crippen LogP contribution in [0, 0.1) is 6.92 Å². The molecule has 0 unspecified atom stereocenters. The maximum Gasteiger partial charge on any atom is 0.204 e. The van der Waals surface area contributed by atoms with Gasteiger partial charge in [0.25, 0.3) is 0 Å². The first-order valence-corrected chi connectivity index (χ1v) is 17.3. The number of aldehydes is 1. The number of aromatic amines is 1. The standard InChI is InChI=1S/C23H32N8O2S.C3H8.C3H6.C2H7N.C2H4O.C2H6/c1-16-15-19(29-28-16)25-21-20(33-4)22(31-11-9-30(10-12-31)13-14-32-3)27-23(26-21)34-18-7-5-17(24-2)6-8-18;3*1-3-2;1-2-3;1-2/h5-8,15,24H,9-14H2,1-4H3,(H2,25,26,27,28,29);3H2,1-2H3;3H,1H2,2H3;3H,1-2H3;2H,1H3;1-2H3. The van der Waals surface area contributed by atoms with Crippen LogP contribution >= 0.6 is 11.8 Å². The molecule has 0 atom stereocenters. The predicted molar refractivity (Wildman–Crippen MR) is 206 cm³/mol. The fourth-order valence-corrected chi connectivity index (χ4v) is 4.51. The number of hydrogen-bond acceptors (Lipinski definition) is 12.